The van der Waals surface area contributed by atoms with E-state index in [4.69, 9.17) is 18.9 Å². The Morgan fingerprint density at radius 3 is 2.39 bits per heavy atom. The summed E-state index contributed by atoms with van der Waals surface area (Å²) in [6.07, 6.45) is 8.09. The molecule has 314 valence electrons. The molecule has 0 bridgehead atoms. The van der Waals surface area contributed by atoms with Gasteiger partial charge in [0.1, 0.15) is 18.4 Å². The van der Waals surface area contributed by atoms with Gasteiger partial charge < -0.3 is 29.6 Å². The smallest absolute Gasteiger partial charge is 0.266 e. The molecule has 18 heteroatoms. The quantitative estimate of drug-likeness (QED) is 0.0709. The van der Waals surface area contributed by atoms with Gasteiger partial charge in [0.15, 0.2) is 6.61 Å². The Morgan fingerprint density at radius 2 is 1.61 bits per heavy atom. The molecule has 1 aromatic carbocycles. The van der Waals surface area contributed by atoms with Gasteiger partial charge in [-0.2, -0.15) is 0 Å². The second kappa shape index (κ2) is 20.6. The van der Waals surface area contributed by atoms with Gasteiger partial charge in [-0.25, -0.2) is 5.01 Å². The highest BCUT2D eigenvalue weighted by Gasteiger charge is 2.46. The number of carbonyl (C=O) groups is 6. The Balaban J connectivity index is 0.773. The first kappa shape index (κ1) is 42.6. The molecule has 4 aliphatic heterocycles. The number of fused-ring (bicyclic) bond motifs is 2. The SMILES string of the molecule is CCC(CC)C1CC(N[C@H]2CC[C@H](NC(=O)COCCOCCOCCNC(=O)COc3cccc4c3C(=O)N(C3CCC(=O)NC3=O)C4=O)C2)N2NCCC2N1. The fourth-order valence-electron chi connectivity index (χ4n) is 8.55. The number of hydrazine groups is 1. The molecular formula is C39H58N8O10. The Bertz CT molecular complexity index is 1610. The van der Waals surface area contributed by atoms with Crippen LogP contribution in [0.2, 0.25) is 0 Å². The minimum absolute atomic E-state index is 0.0104. The van der Waals surface area contributed by atoms with Crippen LogP contribution < -0.4 is 36.7 Å². The number of amides is 6. The first-order chi connectivity index (χ1) is 27.7. The normalized spacial score (nSPS) is 26.1. The number of benzene rings is 1. The predicted molar refractivity (Wildman–Crippen MR) is 204 cm³/mol. The molecule has 18 nitrogen and oxygen atoms in total. The molecule has 4 fully saturated rings. The highest BCUT2D eigenvalue weighted by Crippen LogP contribution is 2.34. The van der Waals surface area contributed by atoms with Crippen molar-refractivity contribution in [2.75, 3.05) is 59.3 Å². The van der Waals surface area contributed by atoms with Crippen LogP contribution in [0.25, 0.3) is 0 Å². The van der Waals surface area contributed by atoms with Crippen molar-refractivity contribution < 1.29 is 47.7 Å². The zero-order chi connectivity index (χ0) is 40.3. The van der Waals surface area contributed by atoms with Crippen LogP contribution in [-0.2, 0) is 33.4 Å². The summed E-state index contributed by atoms with van der Waals surface area (Å²) in [6.45, 7) is 6.74. The van der Waals surface area contributed by atoms with Gasteiger partial charge in [-0.05, 0) is 56.6 Å². The van der Waals surface area contributed by atoms with Crippen LogP contribution >= 0.6 is 0 Å². The maximum Gasteiger partial charge on any atom is 0.266 e. The largest absolute Gasteiger partial charge is 0.483 e. The van der Waals surface area contributed by atoms with Gasteiger partial charge in [0.25, 0.3) is 17.7 Å². The van der Waals surface area contributed by atoms with Gasteiger partial charge >= 0.3 is 0 Å². The van der Waals surface area contributed by atoms with Gasteiger partial charge in [-0.1, -0.05) is 32.8 Å². The lowest BCUT2D eigenvalue weighted by Crippen LogP contribution is -2.66. The van der Waals surface area contributed by atoms with Crippen LogP contribution in [0, 0.1) is 5.92 Å². The van der Waals surface area contributed by atoms with E-state index in [0.29, 0.717) is 44.0 Å². The van der Waals surface area contributed by atoms with Crippen LogP contribution in [0.15, 0.2) is 18.2 Å². The van der Waals surface area contributed by atoms with Crippen molar-refractivity contribution in [3.63, 3.8) is 0 Å². The third kappa shape index (κ3) is 10.9. The molecule has 1 aromatic rings. The topological polar surface area (TPSA) is 218 Å². The number of nitrogens with zero attached hydrogens (tertiary/aromatic N) is 2. The van der Waals surface area contributed by atoms with Gasteiger partial charge in [-0.15, -0.1) is 0 Å². The predicted octanol–water partition coefficient (Wildman–Crippen LogP) is -0.0799. The summed E-state index contributed by atoms with van der Waals surface area (Å²) in [7, 11) is 0. The van der Waals surface area contributed by atoms with E-state index in [2.05, 4.69) is 50.9 Å². The van der Waals surface area contributed by atoms with Crippen LogP contribution in [0.5, 0.6) is 5.75 Å². The maximum atomic E-state index is 13.2. The average Bonchev–Trinajstić information content (AvgIpc) is 3.92. The van der Waals surface area contributed by atoms with Crippen LogP contribution in [0.3, 0.4) is 0 Å². The highest BCUT2D eigenvalue weighted by molar-refractivity contribution is 6.24. The Labute approximate surface area is 333 Å². The molecule has 6 N–H and O–H groups in total. The van der Waals surface area contributed by atoms with Crippen molar-refractivity contribution in [3.05, 3.63) is 29.3 Å². The minimum Gasteiger partial charge on any atom is -0.483 e. The number of piperidine rings is 1. The molecule has 1 aliphatic carbocycles. The van der Waals surface area contributed by atoms with Crippen molar-refractivity contribution in [3.8, 4) is 5.75 Å². The molecule has 3 saturated heterocycles. The van der Waals surface area contributed by atoms with E-state index in [-0.39, 0.29) is 74.2 Å². The van der Waals surface area contributed by atoms with Crippen molar-refractivity contribution >= 4 is 35.4 Å². The van der Waals surface area contributed by atoms with Gasteiger partial charge in [0.2, 0.25) is 17.7 Å². The molecule has 4 unspecified atom stereocenters. The molecule has 6 amide bonds. The van der Waals surface area contributed by atoms with E-state index in [1.54, 1.807) is 0 Å². The lowest BCUT2D eigenvalue weighted by Gasteiger charge is -2.45. The van der Waals surface area contributed by atoms with Gasteiger partial charge in [0, 0.05) is 37.6 Å². The summed E-state index contributed by atoms with van der Waals surface area (Å²) in [5.74, 6) is -2.41. The number of ether oxygens (including phenoxy) is 4. The first-order valence-corrected chi connectivity index (χ1v) is 20.5. The summed E-state index contributed by atoms with van der Waals surface area (Å²) < 4.78 is 22.1. The lowest BCUT2D eigenvalue weighted by molar-refractivity contribution is -0.136. The van der Waals surface area contributed by atoms with E-state index in [9.17, 15) is 28.8 Å². The Hall–Kier alpha value is -4.04. The van der Waals surface area contributed by atoms with E-state index >= 15 is 0 Å². The zero-order valence-electron chi connectivity index (χ0n) is 33.0. The number of carbonyl (C=O) groups excluding carboxylic acids is 6. The third-order valence-electron chi connectivity index (χ3n) is 11.4. The van der Waals surface area contributed by atoms with Crippen LogP contribution in [0.1, 0.15) is 92.4 Å². The monoisotopic (exact) mass is 798 g/mol. The zero-order valence-corrected chi connectivity index (χ0v) is 33.0. The van der Waals surface area contributed by atoms with Crippen LogP contribution in [0.4, 0.5) is 0 Å². The molecule has 6 atom stereocenters. The molecule has 0 spiro atoms. The molecule has 1 saturated carbocycles. The molecule has 5 aliphatic rings. The fraction of sp³-hybridized carbons (Fsp3) is 0.692. The van der Waals surface area contributed by atoms with Crippen molar-refractivity contribution in [1.82, 2.24) is 41.9 Å². The summed E-state index contributed by atoms with van der Waals surface area (Å²) in [5.41, 5.74) is 3.60. The summed E-state index contributed by atoms with van der Waals surface area (Å²) >= 11 is 0. The number of hydrogen-bond acceptors (Lipinski definition) is 14. The lowest BCUT2D eigenvalue weighted by atomic mass is 9.89. The van der Waals surface area contributed by atoms with Crippen molar-refractivity contribution in [2.24, 2.45) is 5.92 Å². The molecule has 6 rings (SSSR count). The van der Waals surface area contributed by atoms with Crippen molar-refractivity contribution in [1.29, 1.82) is 0 Å². The van der Waals surface area contributed by atoms with Crippen LogP contribution in [-0.4, -0.2) is 141 Å². The molecule has 57 heavy (non-hydrogen) atoms. The summed E-state index contributed by atoms with van der Waals surface area (Å²) in [6, 6.07) is 4.34. The summed E-state index contributed by atoms with van der Waals surface area (Å²) in [5, 5.41) is 18.1. The summed E-state index contributed by atoms with van der Waals surface area (Å²) in [4.78, 5) is 75.8. The third-order valence-corrected chi connectivity index (χ3v) is 11.4. The average molecular weight is 799 g/mol. The van der Waals surface area contributed by atoms with Gasteiger partial charge in [0.05, 0.1) is 56.5 Å². The van der Waals surface area contributed by atoms with E-state index in [1.165, 1.54) is 31.0 Å². The van der Waals surface area contributed by atoms with E-state index < -0.39 is 42.2 Å². The molecular weight excluding hydrogens is 740 g/mol. The maximum absolute atomic E-state index is 13.2. The highest BCUT2D eigenvalue weighted by atomic mass is 16.5. The Kier molecular flexibility index (Phi) is 15.4. The standard InChI is InChI=1S/C39H58N8O10/c1-3-24(4-2)28-21-32(47-31(44-28)12-13-41-47)42-25-8-9-26(20-25)43-35(50)22-56-19-18-55-17-16-54-15-14-40-34(49)23-57-30-7-5-6-27-36(30)39(53)46(38(27)52)29-10-11-33(48)45-37(29)51/h5-7,24-26,28-29,31-32,41-42,44H,3-4,8-23H2,1-2H3,(H,40,49)(H,43,50)(H,45,48,51)/t25-,26-,28?,29?,31?,32?/m0/s1. The molecule has 0 radical (unpaired) electrons. The number of nitrogens with one attached hydrogen (secondary N) is 6. The molecule has 4 heterocycles. The fourth-order valence-corrected chi connectivity index (χ4v) is 8.55. The second-order valence-electron chi connectivity index (χ2n) is 15.2. The Morgan fingerprint density at radius 1 is 0.860 bits per heavy atom. The van der Waals surface area contributed by atoms with E-state index in [0.717, 1.165) is 43.5 Å². The molecule has 0 aromatic heterocycles. The van der Waals surface area contributed by atoms with E-state index in [1.807, 2.05) is 0 Å². The number of rotatable bonds is 21. The van der Waals surface area contributed by atoms with Gasteiger partial charge in [-0.3, -0.25) is 55.0 Å². The first-order valence-electron chi connectivity index (χ1n) is 20.5. The van der Waals surface area contributed by atoms with Crippen molar-refractivity contribution in [2.45, 2.75) is 108 Å². The number of hydrogen-bond donors (Lipinski definition) is 6. The minimum atomic E-state index is -1.10. The second-order valence-corrected chi connectivity index (χ2v) is 15.2. The number of imide groups is 2.